The van der Waals surface area contributed by atoms with Crippen LogP contribution >= 0.6 is 0 Å². The smallest absolute Gasteiger partial charge is 0.127 e. The van der Waals surface area contributed by atoms with E-state index in [4.69, 9.17) is 9.47 Å². The Hall–Kier alpha value is -2.14. The van der Waals surface area contributed by atoms with E-state index in [1.165, 1.54) is 69.9 Å². The Kier molecular flexibility index (Phi) is 5.54. The zero-order valence-electron chi connectivity index (χ0n) is 26.6. The van der Waals surface area contributed by atoms with Crippen LogP contribution in [0.1, 0.15) is 83.6 Å². The third-order valence-corrected chi connectivity index (χ3v) is 15.3. The van der Waals surface area contributed by atoms with Crippen LogP contribution in [0.25, 0.3) is 0 Å². The lowest BCUT2D eigenvalue weighted by Crippen LogP contribution is -2.64. The van der Waals surface area contributed by atoms with E-state index in [2.05, 4.69) is 49.1 Å². The molecular formula is C40H49NO3. The first kappa shape index (κ1) is 27.0. The summed E-state index contributed by atoms with van der Waals surface area (Å²) in [5, 5.41) is 10.5. The van der Waals surface area contributed by atoms with Gasteiger partial charge in [0.1, 0.15) is 11.5 Å². The van der Waals surface area contributed by atoms with E-state index in [0.29, 0.717) is 40.2 Å². The van der Waals surface area contributed by atoms with Crippen LogP contribution in [0.5, 0.6) is 11.5 Å². The number of aliphatic hydroxyl groups is 1. The highest BCUT2D eigenvalue weighted by Gasteiger charge is 2.91. The predicted molar refractivity (Wildman–Crippen MR) is 171 cm³/mol. The quantitative estimate of drug-likeness (QED) is 0.365. The van der Waals surface area contributed by atoms with Gasteiger partial charge in [-0.2, -0.15) is 0 Å². The highest BCUT2D eigenvalue weighted by Crippen LogP contribution is 2.93. The van der Waals surface area contributed by atoms with Gasteiger partial charge in [-0.3, -0.25) is 4.90 Å². The SMILES string of the molecule is C[C@H]1C[C@H]2O[C@@]34CC[C@H]5[C@@H]6CCC7=C[C@@H](O)CC[C@]7(C)[C@H]6CC56CC63C[C@@H]4[C@@H]2N(Cc2ccc(Oc3ccccc3)cc2)C1. The summed E-state index contributed by atoms with van der Waals surface area (Å²) in [4.78, 5) is 2.83. The van der Waals surface area contributed by atoms with Crippen LogP contribution in [0.2, 0.25) is 0 Å². The largest absolute Gasteiger partial charge is 0.457 e. The average molecular weight is 592 g/mol. The van der Waals surface area contributed by atoms with Crippen molar-refractivity contribution in [1.29, 1.82) is 0 Å². The van der Waals surface area contributed by atoms with E-state index >= 15 is 0 Å². The molecule has 4 nitrogen and oxygen atoms in total. The molecule has 2 heterocycles. The molecule has 1 N–H and O–H groups in total. The van der Waals surface area contributed by atoms with Crippen LogP contribution in [-0.2, 0) is 11.3 Å². The Labute approximate surface area is 263 Å². The Morgan fingerprint density at radius 3 is 2.59 bits per heavy atom. The number of benzene rings is 2. The molecule has 0 radical (unpaired) electrons. The first-order valence-electron chi connectivity index (χ1n) is 18.0. The number of hydrogen-bond donors (Lipinski definition) is 1. The van der Waals surface area contributed by atoms with Crippen LogP contribution in [0, 0.1) is 45.8 Å². The minimum absolute atomic E-state index is 0.143. The van der Waals surface area contributed by atoms with Crippen molar-refractivity contribution >= 4 is 0 Å². The van der Waals surface area contributed by atoms with Gasteiger partial charge in [0.05, 0.1) is 17.8 Å². The van der Waals surface area contributed by atoms with Gasteiger partial charge in [0.2, 0.25) is 0 Å². The average Bonchev–Trinajstić information content (AvgIpc) is 3.50. The molecule has 12 atom stereocenters. The summed E-state index contributed by atoms with van der Waals surface area (Å²) in [5.41, 5.74) is 4.47. The number of fused-ring (bicyclic) bond motifs is 6. The van der Waals surface area contributed by atoms with Crippen molar-refractivity contribution < 1.29 is 14.6 Å². The number of rotatable bonds is 4. The van der Waals surface area contributed by atoms with Crippen LogP contribution in [0.4, 0.5) is 0 Å². The fraction of sp³-hybridized carbons (Fsp3) is 0.650. The highest BCUT2D eigenvalue weighted by molar-refractivity contribution is 5.42. The van der Waals surface area contributed by atoms with Gasteiger partial charge in [-0.15, -0.1) is 0 Å². The fourth-order valence-electron chi connectivity index (χ4n) is 13.6. The molecule has 6 aliphatic carbocycles. The van der Waals surface area contributed by atoms with E-state index in [1.807, 2.05) is 30.3 Å². The number of piperidine rings is 1. The van der Waals surface area contributed by atoms with Gasteiger partial charge in [-0.1, -0.05) is 55.8 Å². The molecule has 0 aromatic heterocycles. The molecule has 3 spiro atoms. The molecule has 8 aliphatic rings. The van der Waals surface area contributed by atoms with Crippen molar-refractivity contribution in [2.45, 2.75) is 108 Å². The molecule has 0 amide bonds. The van der Waals surface area contributed by atoms with Gasteiger partial charge in [0.25, 0.3) is 0 Å². The normalized spacial score (nSPS) is 49.6. The minimum Gasteiger partial charge on any atom is -0.457 e. The number of ether oxygens (including phenoxy) is 2. The molecule has 10 rings (SSSR count). The van der Waals surface area contributed by atoms with Gasteiger partial charge in [0, 0.05) is 30.5 Å². The third kappa shape index (κ3) is 3.36. The second-order valence-corrected chi connectivity index (χ2v) is 17.0. The zero-order valence-corrected chi connectivity index (χ0v) is 26.6. The van der Waals surface area contributed by atoms with Crippen molar-refractivity contribution in [1.82, 2.24) is 4.90 Å². The Balaban J connectivity index is 0.899. The fourth-order valence-corrected chi connectivity index (χ4v) is 13.6. The molecule has 2 aromatic carbocycles. The Morgan fingerprint density at radius 2 is 1.75 bits per heavy atom. The standard InChI is InChI=1S/C40H49NO3/c1-25-18-35-36(41(22-25)23-26-8-11-30(12-9-26)43-29-6-4-3-5-7-29)34-21-39-24-38(39)20-33-31(32(38)15-17-40(34,39)44-35)13-10-27-19-28(42)14-16-37(27,33)2/h3-9,11-12,19,25,28,31-36,42H,10,13-18,20-24H2,1-2H3/t25-,28-,31-,32-,33-,34+,35+,36-,37-,38?,39?,40+/m0/s1. The third-order valence-electron chi connectivity index (χ3n) is 15.3. The number of hydrogen-bond acceptors (Lipinski definition) is 4. The summed E-state index contributed by atoms with van der Waals surface area (Å²) in [6.45, 7) is 7.23. The lowest BCUT2D eigenvalue weighted by atomic mass is 9.47. The lowest BCUT2D eigenvalue weighted by Gasteiger charge is -2.60. The summed E-state index contributed by atoms with van der Waals surface area (Å²) in [7, 11) is 0. The van der Waals surface area contributed by atoms with Crippen molar-refractivity contribution in [3.05, 3.63) is 71.8 Å². The van der Waals surface area contributed by atoms with Gasteiger partial charge in [-0.25, -0.2) is 0 Å². The van der Waals surface area contributed by atoms with Gasteiger partial charge in [0.15, 0.2) is 0 Å². The maximum Gasteiger partial charge on any atom is 0.127 e. The molecule has 4 heteroatoms. The maximum absolute atomic E-state index is 10.5. The molecule has 0 bridgehead atoms. The monoisotopic (exact) mass is 591 g/mol. The van der Waals surface area contributed by atoms with Gasteiger partial charge < -0.3 is 14.6 Å². The number of likely N-dealkylation sites (tertiary alicyclic amines) is 1. The lowest BCUT2D eigenvalue weighted by molar-refractivity contribution is -0.211. The first-order valence-corrected chi connectivity index (χ1v) is 18.0. The molecule has 2 unspecified atom stereocenters. The highest BCUT2D eigenvalue weighted by atomic mass is 16.5. The van der Waals surface area contributed by atoms with Crippen molar-refractivity contribution in [3.63, 3.8) is 0 Å². The Morgan fingerprint density at radius 1 is 0.932 bits per heavy atom. The van der Waals surface area contributed by atoms with Gasteiger partial charge in [-0.05, 0) is 129 Å². The molecule has 2 aromatic rings. The van der Waals surface area contributed by atoms with E-state index in [-0.39, 0.29) is 11.7 Å². The van der Waals surface area contributed by atoms with Crippen molar-refractivity contribution in [3.8, 4) is 11.5 Å². The van der Waals surface area contributed by atoms with E-state index in [1.54, 1.807) is 5.57 Å². The van der Waals surface area contributed by atoms with Crippen molar-refractivity contribution in [2.75, 3.05) is 6.54 Å². The van der Waals surface area contributed by atoms with E-state index in [0.717, 1.165) is 42.2 Å². The second-order valence-electron chi connectivity index (χ2n) is 17.0. The molecule has 44 heavy (non-hydrogen) atoms. The van der Waals surface area contributed by atoms with E-state index in [9.17, 15) is 5.11 Å². The number of allylic oxidation sites excluding steroid dienone is 1. The molecule has 7 fully saturated rings. The summed E-state index contributed by atoms with van der Waals surface area (Å²) >= 11 is 0. The van der Waals surface area contributed by atoms with Crippen LogP contribution in [-0.4, -0.2) is 40.4 Å². The van der Waals surface area contributed by atoms with Gasteiger partial charge >= 0.3 is 0 Å². The second kappa shape index (κ2) is 9.02. The number of nitrogens with zero attached hydrogens (tertiary/aromatic N) is 1. The van der Waals surface area contributed by atoms with Crippen molar-refractivity contribution in [2.24, 2.45) is 45.8 Å². The summed E-state index contributed by atoms with van der Waals surface area (Å²) in [5.74, 6) is 5.81. The van der Waals surface area contributed by atoms with Crippen LogP contribution in [0.3, 0.4) is 0 Å². The first-order chi connectivity index (χ1) is 21.3. The summed E-state index contributed by atoms with van der Waals surface area (Å²) in [6, 6.07) is 19.5. The molecule has 5 saturated carbocycles. The zero-order chi connectivity index (χ0) is 29.5. The van der Waals surface area contributed by atoms with Crippen LogP contribution < -0.4 is 4.74 Å². The van der Waals surface area contributed by atoms with E-state index < -0.39 is 0 Å². The summed E-state index contributed by atoms with van der Waals surface area (Å²) < 4.78 is 13.6. The maximum atomic E-state index is 10.5. The molecule has 2 aliphatic heterocycles. The molecule has 2 saturated heterocycles. The predicted octanol–water partition coefficient (Wildman–Crippen LogP) is 8.15. The summed E-state index contributed by atoms with van der Waals surface area (Å²) in [6.07, 6.45) is 15.5. The topological polar surface area (TPSA) is 41.9 Å². The van der Waals surface area contributed by atoms with Crippen LogP contribution in [0.15, 0.2) is 66.2 Å². The molecule has 232 valence electrons. The number of aliphatic hydroxyl groups excluding tert-OH is 1. The Bertz CT molecular complexity index is 1500. The minimum atomic E-state index is -0.208. The molecular weight excluding hydrogens is 542 g/mol. The number of para-hydroxylation sites is 1.